The SMILES string of the molecule is O=C(O)C1C(c2ccccc2)C(C(=O)O)C1c1ccccc1.O=C(O)C1[C@@H](c2ccccc2)C(C(=O)Cl)[C@@H]1c1ccccc1.O=C(O)C1[C@H](c2ccccc2)C(C(=O)O[C@@H]2CCCCC2c2ccccc2)[C@H]1c1ccccc1.O=C(O)C1[C@H](c2ccccc2)C(C(=O)O[C@H]2CCCCC2c2ccccc2)[C@H]1c1ccccc1.O[C@@H]1CCCC[C@H]1c1ccccc1.O[C@H]1CCCCC1c1ccccc1. The normalized spacial score (nSPS) is 28.0. The first-order valence-electron chi connectivity index (χ1n) is 49.0. The van der Waals surface area contributed by atoms with Gasteiger partial charge in [-0.05, 0) is 143 Å². The molecule has 7 N–H and O–H groups in total. The summed E-state index contributed by atoms with van der Waals surface area (Å²) in [5, 5.41) is 68.3. The Balaban J connectivity index is 0.000000130. The minimum Gasteiger partial charge on any atom is -0.481 e. The topological polar surface area (TPSA) is 297 Å². The van der Waals surface area contributed by atoms with Crippen LogP contribution in [0.1, 0.15) is 241 Å². The molecule has 0 saturated heterocycles. The van der Waals surface area contributed by atoms with Crippen molar-refractivity contribution in [3.8, 4) is 0 Å². The molecule has 8 saturated carbocycles. The van der Waals surface area contributed by atoms with Gasteiger partial charge in [0.15, 0.2) is 0 Å². The van der Waals surface area contributed by atoms with Crippen molar-refractivity contribution in [3.05, 3.63) is 431 Å². The molecule has 8 fully saturated rings. The number of hydrogen-bond donors (Lipinski definition) is 7. The Morgan fingerprint density at radius 2 is 0.348 bits per heavy atom. The highest BCUT2D eigenvalue weighted by molar-refractivity contribution is 6.64. The Labute approximate surface area is 813 Å². The van der Waals surface area contributed by atoms with Crippen LogP contribution in [0.4, 0.5) is 0 Å². The largest absolute Gasteiger partial charge is 0.481 e. The first-order chi connectivity index (χ1) is 67.3. The van der Waals surface area contributed by atoms with E-state index >= 15 is 0 Å². The number of aliphatic hydroxyl groups is 2. The van der Waals surface area contributed by atoms with Crippen molar-refractivity contribution < 1.29 is 83.6 Å². The molecule has 0 spiro atoms. The van der Waals surface area contributed by atoms with E-state index in [1.807, 2.05) is 267 Å². The van der Waals surface area contributed by atoms with Crippen LogP contribution in [0.25, 0.3) is 0 Å². The van der Waals surface area contributed by atoms with E-state index in [0.717, 1.165) is 122 Å². The van der Waals surface area contributed by atoms with E-state index in [9.17, 15) is 74.1 Å². The molecular formula is C120H123ClO17. The minimum atomic E-state index is -0.944. The summed E-state index contributed by atoms with van der Waals surface area (Å²) < 4.78 is 12.5. The summed E-state index contributed by atoms with van der Waals surface area (Å²) in [6.45, 7) is 0. The number of benzene rings is 12. The number of ether oxygens (including phenoxy) is 2. The molecule has 3 unspecified atom stereocenters. The lowest BCUT2D eigenvalue weighted by molar-refractivity contribution is -0.171. The summed E-state index contributed by atoms with van der Waals surface area (Å²) in [4.78, 5) is 99.5. The maximum Gasteiger partial charge on any atom is 0.310 e. The van der Waals surface area contributed by atoms with E-state index in [1.165, 1.54) is 47.9 Å². The van der Waals surface area contributed by atoms with E-state index in [4.69, 9.17) is 21.1 Å². The highest BCUT2D eigenvalue weighted by atomic mass is 35.5. The van der Waals surface area contributed by atoms with Crippen LogP contribution in [0.2, 0.25) is 0 Å². The number of aliphatic hydroxyl groups excluding tert-OH is 2. The van der Waals surface area contributed by atoms with Crippen LogP contribution in [0.5, 0.6) is 0 Å². The van der Waals surface area contributed by atoms with Crippen molar-refractivity contribution in [2.45, 2.75) is 198 Å². The Kier molecular flexibility index (Phi) is 34.7. The van der Waals surface area contributed by atoms with Gasteiger partial charge in [0.05, 0.1) is 53.6 Å². The quantitative estimate of drug-likeness (QED) is 0.0245. The summed E-state index contributed by atoms with van der Waals surface area (Å²) in [5.74, 6) is -12.3. The third-order valence-electron chi connectivity index (χ3n) is 30.2. The van der Waals surface area contributed by atoms with E-state index in [0.29, 0.717) is 11.8 Å². The number of carboxylic acid groups (broad SMARTS) is 5. The van der Waals surface area contributed by atoms with Gasteiger partial charge in [-0.15, -0.1) is 0 Å². The number of carboxylic acids is 5. The predicted octanol–water partition coefficient (Wildman–Crippen LogP) is 24.3. The predicted molar refractivity (Wildman–Crippen MR) is 533 cm³/mol. The summed E-state index contributed by atoms with van der Waals surface area (Å²) in [5.41, 5.74) is 11.8. The number of carbonyl (C=O) groups is 8. The molecular weight excluding hydrogens is 1750 g/mol. The van der Waals surface area contributed by atoms with Gasteiger partial charge >= 0.3 is 41.8 Å². The fourth-order valence-electron chi connectivity index (χ4n) is 23.6. The van der Waals surface area contributed by atoms with E-state index in [1.54, 1.807) is 24.3 Å². The lowest BCUT2D eigenvalue weighted by Crippen LogP contribution is -2.52. The van der Waals surface area contributed by atoms with Crippen LogP contribution in [0.3, 0.4) is 0 Å². The molecule has 0 aromatic heterocycles. The molecule has 0 radical (unpaired) electrons. The number of halogens is 1. The average Bonchev–Trinajstić information content (AvgIpc) is 0.728. The molecule has 14 atom stereocenters. The molecule has 20 rings (SSSR count). The van der Waals surface area contributed by atoms with Crippen molar-refractivity contribution >= 4 is 58.6 Å². The number of carbonyl (C=O) groups excluding carboxylic acids is 3. The zero-order valence-electron chi connectivity index (χ0n) is 77.4. The highest BCUT2D eigenvalue weighted by Crippen LogP contribution is 2.63. The number of esters is 2. The van der Waals surface area contributed by atoms with Crippen LogP contribution in [0, 0.1) is 47.3 Å². The lowest BCUT2D eigenvalue weighted by Gasteiger charge is -2.49. The van der Waals surface area contributed by atoms with Gasteiger partial charge in [-0.3, -0.25) is 38.4 Å². The van der Waals surface area contributed by atoms with Gasteiger partial charge in [-0.25, -0.2) is 0 Å². The molecule has 0 amide bonds. The van der Waals surface area contributed by atoms with E-state index in [2.05, 4.69) is 72.8 Å². The monoisotopic (exact) mass is 1870 g/mol. The maximum atomic E-state index is 13.8. The molecule has 712 valence electrons. The number of aliphatic carboxylic acids is 5. The third-order valence-corrected chi connectivity index (χ3v) is 30.5. The van der Waals surface area contributed by atoms with Gasteiger partial charge in [0, 0.05) is 76.9 Å². The summed E-state index contributed by atoms with van der Waals surface area (Å²) >= 11 is 5.81. The third kappa shape index (κ3) is 23.4. The molecule has 0 bridgehead atoms. The van der Waals surface area contributed by atoms with Crippen molar-refractivity contribution in [3.63, 3.8) is 0 Å². The molecule has 138 heavy (non-hydrogen) atoms. The average molecular weight is 1870 g/mol. The van der Waals surface area contributed by atoms with Crippen LogP contribution in [0.15, 0.2) is 364 Å². The minimum absolute atomic E-state index is 0.115. The number of rotatable bonds is 22. The van der Waals surface area contributed by atoms with Crippen LogP contribution in [-0.2, 0) is 47.8 Å². The molecule has 0 aliphatic heterocycles. The molecule has 18 heteroatoms. The molecule has 0 heterocycles. The summed E-state index contributed by atoms with van der Waals surface area (Å²) in [7, 11) is 0. The Morgan fingerprint density at radius 1 is 0.196 bits per heavy atom. The second-order valence-corrected chi connectivity index (χ2v) is 38.4. The van der Waals surface area contributed by atoms with Gasteiger partial charge in [-0.1, -0.05) is 403 Å². The first-order valence-corrected chi connectivity index (χ1v) is 49.3. The first kappa shape index (κ1) is 99.3. The van der Waals surface area contributed by atoms with Crippen molar-refractivity contribution in [2.24, 2.45) is 47.3 Å². The lowest BCUT2D eigenvalue weighted by atomic mass is 9.52. The fraction of sp³-hybridized carbons (Fsp3) is 0.333. The van der Waals surface area contributed by atoms with Crippen LogP contribution in [-0.4, -0.2) is 107 Å². The zero-order valence-corrected chi connectivity index (χ0v) is 78.2. The second kappa shape index (κ2) is 48.2. The molecule has 12 aromatic rings. The van der Waals surface area contributed by atoms with Gasteiger partial charge < -0.3 is 45.2 Å². The summed E-state index contributed by atoms with van der Waals surface area (Å²) in [6, 6.07) is 116. The zero-order chi connectivity index (χ0) is 96.6. The van der Waals surface area contributed by atoms with E-state index in [-0.39, 0.29) is 60.0 Å². The second-order valence-electron chi connectivity index (χ2n) is 38.0. The molecule has 8 aliphatic rings. The molecule has 17 nitrogen and oxygen atoms in total. The van der Waals surface area contributed by atoms with Crippen molar-refractivity contribution in [1.82, 2.24) is 0 Å². The van der Waals surface area contributed by atoms with Gasteiger partial charge in [0.1, 0.15) is 12.2 Å². The maximum absolute atomic E-state index is 13.8. The Hall–Kier alpha value is -13.2. The molecule has 12 aromatic carbocycles. The highest BCUT2D eigenvalue weighted by Gasteiger charge is 2.63. The Morgan fingerprint density at radius 3 is 0.529 bits per heavy atom. The van der Waals surface area contributed by atoms with Gasteiger partial charge in [0.2, 0.25) is 5.24 Å². The summed E-state index contributed by atoms with van der Waals surface area (Å²) in [6.07, 6.45) is 16.5. The smallest absolute Gasteiger partial charge is 0.310 e. The standard InChI is InChI=1S/2C30H30O4.C18H15ClO3.C18H16O4.2C12H16O/c2*31-29(32)27-25(21-14-6-2-7-15-21)28(26(27)22-16-8-3-9-17-22)30(33)34-24-19-11-10-18-23(24)20-12-4-1-5-13-20;2*19-17(20)15-13(11-7-3-1-4-8-11)16(18(21)22)14(15)12-9-5-2-6-10-12;2*13-12-9-5-4-8-11(12)10-6-2-1-3-7-10/h2*1-9,12-17,23-28H,10-11,18-19H2,(H,31,32);1-10,13-16H,(H,21,22);1-10,13-16H,(H,19,20)(H,21,22);2*1-3,6-7,11-13H,4-5,8-9H2/t23?,24-,25+,26+,27?,28?;23?,24-,25-,26-,27?,28?;13-,14-,15?,16?;;11?,12-;11-,12+/m100.00/s1. The van der Waals surface area contributed by atoms with Crippen LogP contribution >= 0.6 is 11.6 Å². The Bertz CT molecular complexity index is 5280. The van der Waals surface area contributed by atoms with Gasteiger partial charge in [-0.2, -0.15) is 0 Å². The van der Waals surface area contributed by atoms with Crippen LogP contribution < -0.4 is 0 Å². The van der Waals surface area contributed by atoms with Crippen molar-refractivity contribution in [1.29, 1.82) is 0 Å². The number of hydrogen-bond acceptors (Lipinski definition) is 12. The van der Waals surface area contributed by atoms with Gasteiger partial charge in [0.25, 0.3) is 0 Å². The molecule has 8 aliphatic carbocycles. The van der Waals surface area contributed by atoms with Crippen molar-refractivity contribution in [2.75, 3.05) is 0 Å². The van der Waals surface area contributed by atoms with E-state index < -0.39 is 118 Å². The fourth-order valence-corrected chi connectivity index (χ4v) is 23.9.